The van der Waals surface area contributed by atoms with Gasteiger partial charge in [-0.2, -0.15) is 5.10 Å². The van der Waals surface area contributed by atoms with Crippen LogP contribution in [0.4, 0.5) is 0 Å². The van der Waals surface area contributed by atoms with Crippen LogP contribution < -0.4 is 5.32 Å². The summed E-state index contributed by atoms with van der Waals surface area (Å²) in [5, 5.41) is 11.5. The van der Waals surface area contributed by atoms with Crippen LogP contribution in [-0.4, -0.2) is 22.5 Å². The predicted octanol–water partition coefficient (Wildman–Crippen LogP) is 2.28. The lowest BCUT2D eigenvalue weighted by molar-refractivity contribution is -0.118. The van der Waals surface area contributed by atoms with E-state index in [2.05, 4.69) is 15.5 Å². The lowest BCUT2D eigenvalue weighted by Gasteiger charge is -1.94. The van der Waals surface area contributed by atoms with Gasteiger partial charge in [-0.25, -0.2) is 0 Å². The molecule has 1 heterocycles. The molecule has 88 valence electrons. The van der Waals surface area contributed by atoms with Crippen LogP contribution >= 0.6 is 23.4 Å². The summed E-state index contributed by atoms with van der Waals surface area (Å²) in [6.07, 6.45) is 1.56. The zero-order valence-electron chi connectivity index (χ0n) is 9.05. The van der Waals surface area contributed by atoms with Gasteiger partial charge in [-0.15, -0.1) is 5.10 Å². The minimum atomic E-state index is -0.107. The maximum absolute atomic E-state index is 11.2. The number of amidine groups is 1. The number of nitrogens with one attached hydrogen (secondary N) is 1. The molecule has 1 fully saturated rings. The van der Waals surface area contributed by atoms with E-state index in [-0.39, 0.29) is 11.2 Å². The maximum atomic E-state index is 11.2. The molecular formula is C11H10ClN3OS. The summed E-state index contributed by atoms with van der Waals surface area (Å²) >= 11 is 7.31. The van der Waals surface area contributed by atoms with E-state index in [0.717, 1.165) is 5.56 Å². The first-order chi connectivity index (χ1) is 8.16. The van der Waals surface area contributed by atoms with Gasteiger partial charge in [0.15, 0.2) is 5.17 Å². The van der Waals surface area contributed by atoms with Crippen molar-refractivity contribution >= 4 is 40.7 Å². The minimum Gasteiger partial charge on any atom is -0.303 e. The number of rotatable bonds is 2. The molecule has 0 saturated carbocycles. The maximum Gasteiger partial charge on any atom is 0.239 e. The van der Waals surface area contributed by atoms with Crippen LogP contribution in [-0.2, 0) is 4.79 Å². The number of halogens is 1. The summed E-state index contributed by atoms with van der Waals surface area (Å²) in [5.74, 6) is -0.0401. The fourth-order valence-electron chi connectivity index (χ4n) is 1.23. The predicted molar refractivity (Wildman–Crippen MR) is 71.7 cm³/mol. The molecule has 0 spiro atoms. The van der Waals surface area contributed by atoms with Gasteiger partial charge in [-0.1, -0.05) is 41.6 Å². The fraction of sp³-hybridized carbons (Fsp3) is 0.182. The van der Waals surface area contributed by atoms with E-state index in [4.69, 9.17) is 11.6 Å². The molecule has 1 aromatic carbocycles. The van der Waals surface area contributed by atoms with Crippen molar-refractivity contribution in [1.82, 2.24) is 5.32 Å². The van der Waals surface area contributed by atoms with Crippen LogP contribution in [0.2, 0.25) is 5.02 Å². The van der Waals surface area contributed by atoms with Gasteiger partial charge in [0, 0.05) is 10.6 Å². The van der Waals surface area contributed by atoms with Gasteiger partial charge in [-0.3, -0.25) is 4.79 Å². The van der Waals surface area contributed by atoms with E-state index in [1.807, 2.05) is 25.1 Å². The Morgan fingerprint density at radius 1 is 1.47 bits per heavy atom. The largest absolute Gasteiger partial charge is 0.303 e. The van der Waals surface area contributed by atoms with Crippen molar-refractivity contribution in [2.24, 2.45) is 10.2 Å². The number of hydrogen-bond acceptors (Lipinski definition) is 4. The lowest BCUT2D eigenvalue weighted by atomic mass is 10.2. The summed E-state index contributed by atoms with van der Waals surface area (Å²) in [7, 11) is 0. The van der Waals surface area contributed by atoms with E-state index in [1.165, 1.54) is 11.8 Å². The van der Waals surface area contributed by atoms with Gasteiger partial charge in [-0.05, 0) is 13.0 Å². The van der Waals surface area contributed by atoms with Crippen molar-refractivity contribution in [3.8, 4) is 0 Å². The molecule has 0 radical (unpaired) electrons. The van der Waals surface area contributed by atoms with Crippen molar-refractivity contribution in [2.75, 3.05) is 0 Å². The summed E-state index contributed by atoms with van der Waals surface area (Å²) in [5.41, 5.74) is 0.792. The molecule has 2 rings (SSSR count). The first kappa shape index (κ1) is 12.1. The number of thioether (sulfide) groups is 1. The van der Waals surface area contributed by atoms with Gasteiger partial charge >= 0.3 is 0 Å². The van der Waals surface area contributed by atoms with Crippen molar-refractivity contribution in [3.05, 3.63) is 34.9 Å². The van der Waals surface area contributed by atoms with Crippen LogP contribution in [0.25, 0.3) is 0 Å². The number of amides is 1. The molecular weight excluding hydrogens is 258 g/mol. The second-order valence-corrected chi connectivity index (χ2v) is 5.16. The summed E-state index contributed by atoms with van der Waals surface area (Å²) in [4.78, 5) is 11.2. The molecule has 17 heavy (non-hydrogen) atoms. The lowest BCUT2D eigenvalue weighted by Crippen LogP contribution is -2.23. The molecule has 1 aliphatic rings. The quantitative estimate of drug-likeness (QED) is 0.660. The molecule has 1 atom stereocenters. The average Bonchev–Trinajstić information content (AvgIpc) is 2.61. The van der Waals surface area contributed by atoms with E-state index in [0.29, 0.717) is 10.2 Å². The number of hydrogen-bond donors (Lipinski definition) is 1. The van der Waals surface area contributed by atoms with Crippen LogP contribution in [0, 0.1) is 0 Å². The smallest absolute Gasteiger partial charge is 0.239 e. The van der Waals surface area contributed by atoms with Crippen molar-refractivity contribution < 1.29 is 4.79 Å². The fourth-order valence-corrected chi connectivity index (χ4v) is 2.17. The summed E-state index contributed by atoms with van der Waals surface area (Å²) < 4.78 is 0. The van der Waals surface area contributed by atoms with Crippen molar-refractivity contribution in [1.29, 1.82) is 0 Å². The number of carbonyl (C=O) groups excluding carboxylic acids is 1. The average molecular weight is 268 g/mol. The van der Waals surface area contributed by atoms with Crippen LogP contribution in [0.1, 0.15) is 12.5 Å². The summed E-state index contributed by atoms with van der Waals surface area (Å²) in [6.45, 7) is 1.82. The Hall–Kier alpha value is -1.33. The van der Waals surface area contributed by atoms with Crippen LogP contribution in [0.15, 0.2) is 34.5 Å². The van der Waals surface area contributed by atoms with Crippen molar-refractivity contribution in [3.63, 3.8) is 0 Å². The number of nitrogens with zero attached hydrogens (tertiary/aromatic N) is 2. The Kier molecular flexibility index (Phi) is 3.81. The zero-order valence-corrected chi connectivity index (χ0v) is 10.6. The molecule has 1 N–H and O–H groups in total. The molecule has 0 aliphatic carbocycles. The molecule has 0 aromatic heterocycles. The van der Waals surface area contributed by atoms with E-state index < -0.39 is 0 Å². The van der Waals surface area contributed by atoms with Crippen LogP contribution in [0.3, 0.4) is 0 Å². The first-order valence-corrected chi connectivity index (χ1v) is 6.25. The van der Waals surface area contributed by atoms with Crippen molar-refractivity contribution in [2.45, 2.75) is 12.2 Å². The van der Waals surface area contributed by atoms with Gasteiger partial charge in [0.25, 0.3) is 0 Å². The molecule has 1 saturated heterocycles. The van der Waals surface area contributed by atoms with Gasteiger partial charge < -0.3 is 5.32 Å². The Labute approximate surface area is 108 Å². The summed E-state index contributed by atoms with van der Waals surface area (Å²) in [6, 6.07) is 7.34. The Balaban J connectivity index is 2.06. The Morgan fingerprint density at radius 2 is 2.24 bits per heavy atom. The second kappa shape index (κ2) is 5.33. The molecule has 1 unspecified atom stereocenters. The Bertz CT molecular complexity index is 501. The normalized spacial score (nSPS) is 22.4. The van der Waals surface area contributed by atoms with E-state index >= 15 is 0 Å². The monoisotopic (exact) mass is 267 g/mol. The van der Waals surface area contributed by atoms with Gasteiger partial charge in [0.1, 0.15) is 0 Å². The molecule has 1 aromatic rings. The van der Waals surface area contributed by atoms with Crippen LogP contribution in [0.5, 0.6) is 0 Å². The molecule has 1 amide bonds. The highest BCUT2D eigenvalue weighted by Crippen LogP contribution is 2.18. The molecule has 0 bridgehead atoms. The highest BCUT2D eigenvalue weighted by atomic mass is 35.5. The zero-order chi connectivity index (χ0) is 12.3. The van der Waals surface area contributed by atoms with E-state index in [1.54, 1.807) is 12.3 Å². The number of carbonyl (C=O) groups is 1. The van der Waals surface area contributed by atoms with E-state index in [9.17, 15) is 4.79 Å². The van der Waals surface area contributed by atoms with Gasteiger partial charge in [0.05, 0.1) is 11.5 Å². The topological polar surface area (TPSA) is 53.8 Å². The third-order valence-corrected chi connectivity index (χ3v) is 3.46. The molecule has 4 nitrogen and oxygen atoms in total. The molecule has 6 heteroatoms. The molecule has 1 aliphatic heterocycles. The second-order valence-electron chi connectivity index (χ2n) is 3.42. The highest BCUT2D eigenvalue weighted by molar-refractivity contribution is 8.15. The first-order valence-electron chi connectivity index (χ1n) is 5.00. The number of benzene rings is 1. The third-order valence-electron chi connectivity index (χ3n) is 2.14. The standard InChI is InChI=1S/C11H10ClN3OS/c1-7-10(16)14-11(17-7)15-13-6-8-4-2-3-5-9(8)12/h2-7H,1H3,(H,14,15,16)/b13-6-. The SMILES string of the molecule is CC1S/C(=N/N=C\c2ccccc2Cl)NC1=O. The van der Waals surface area contributed by atoms with Gasteiger partial charge in [0.2, 0.25) is 5.91 Å². The third kappa shape index (κ3) is 3.08. The highest BCUT2D eigenvalue weighted by Gasteiger charge is 2.25. The minimum absolute atomic E-state index is 0.0401. The Morgan fingerprint density at radius 3 is 2.88 bits per heavy atom.